The molecule has 1 heterocycles. The topological polar surface area (TPSA) is 66.8 Å². The van der Waals surface area contributed by atoms with Gasteiger partial charge in [0.1, 0.15) is 5.60 Å². The average Bonchev–Trinajstić information content (AvgIpc) is 1.93. The fraction of sp³-hybridized carbons (Fsp3) is 0.833. The third-order valence-electron chi connectivity index (χ3n) is 3.41. The summed E-state index contributed by atoms with van der Waals surface area (Å²) in [5.41, 5.74) is -0.400. The molecule has 0 aromatic heterocycles. The van der Waals surface area contributed by atoms with E-state index in [4.69, 9.17) is 9.84 Å². The Balaban J connectivity index is 1.77. The van der Waals surface area contributed by atoms with Crippen LogP contribution in [0, 0.1) is 11.3 Å². The molecule has 1 saturated carbocycles. The van der Waals surface area contributed by atoms with E-state index in [0.717, 1.165) is 0 Å². The second-order valence-corrected chi connectivity index (χ2v) is 6.28. The third kappa shape index (κ3) is 2.37. The van der Waals surface area contributed by atoms with Gasteiger partial charge in [-0.1, -0.05) is 0 Å². The molecule has 0 bridgehead atoms. The van der Waals surface area contributed by atoms with E-state index >= 15 is 0 Å². The molecule has 5 heteroatoms. The molecule has 0 atom stereocenters. The first-order valence-corrected chi connectivity index (χ1v) is 5.92. The highest BCUT2D eigenvalue weighted by molar-refractivity contribution is 5.73. The van der Waals surface area contributed by atoms with Crippen LogP contribution < -0.4 is 0 Å². The average molecular weight is 241 g/mol. The lowest BCUT2D eigenvalue weighted by Crippen LogP contribution is -2.65. The summed E-state index contributed by atoms with van der Waals surface area (Å²) < 4.78 is 5.25. The van der Waals surface area contributed by atoms with Crippen LogP contribution in [0.3, 0.4) is 0 Å². The number of amides is 1. The minimum atomic E-state index is -0.716. The van der Waals surface area contributed by atoms with Crippen LogP contribution in [0.4, 0.5) is 4.79 Å². The van der Waals surface area contributed by atoms with Crippen LogP contribution in [-0.4, -0.2) is 40.8 Å². The number of carbonyl (C=O) groups is 2. The van der Waals surface area contributed by atoms with Crippen LogP contribution in [0.15, 0.2) is 0 Å². The Kier molecular flexibility index (Phi) is 2.60. The second-order valence-electron chi connectivity index (χ2n) is 6.28. The van der Waals surface area contributed by atoms with Crippen LogP contribution in [0.25, 0.3) is 0 Å². The molecule has 1 aliphatic carbocycles. The van der Waals surface area contributed by atoms with Gasteiger partial charge in [-0.15, -0.1) is 0 Å². The summed E-state index contributed by atoms with van der Waals surface area (Å²) in [6.45, 7) is 6.80. The summed E-state index contributed by atoms with van der Waals surface area (Å²) in [7, 11) is 0. The maximum atomic E-state index is 11.7. The molecule has 1 amide bonds. The van der Waals surface area contributed by atoms with E-state index in [1.165, 1.54) is 0 Å². The zero-order valence-electron chi connectivity index (χ0n) is 10.5. The molecule has 1 saturated heterocycles. The number of likely N-dealkylation sites (tertiary alicyclic amines) is 1. The standard InChI is InChI=1S/C12H19NO4/c1-11(2,3)17-10(16)13-6-12(7-13)4-8(5-12)9(14)15/h8H,4-7H2,1-3H3,(H,14,15). The van der Waals surface area contributed by atoms with Gasteiger partial charge in [0.05, 0.1) is 5.92 Å². The molecular weight excluding hydrogens is 222 g/mol. The van der Waals surface area contributed by atoms with Crippen molar-refractivity contribution in [2.75, 3.05) is 13.1 Å². The number of ether oxygens (including phenoxy) is 1. The second kappa shape index (κ2) is 3.62. The van der Waals surface area contributed by atoms with Crippen molar-refractivity contribution in [3.8, 4) is 0 Å². The molecule has 0 radical (unpaired) electrons. The van der Waals surface area contributed by atoms with Gasteiger partial charge in [-0.25, -0.2) is 4.79 Å². The fourth-order valence-corrected chi connectivity index (χ4v) is 2.64. The summed E-state index contributed by atoms with van der Waals surface area (Å²) in [6, 6.07) is 0. The molecule has 0 aromatic carbocycles. The van der Waals surface area contributed by atoms with E-state index in [9.17, 15) is 9.59 Å². The summed E-state index contributed by atoms with van der Waals surface area (Å²) in [6.07, 6.45) is 1.10. The van der Waals surface area contributed by atoms with Crippen LogP contribution >= 0.6 is 0 Å². The lowest BCUT2D eigenvalue weighted by molar-refractivity contribution is -0.159. The smallest absolute Gasteiger partial charge is 0.410 e. The highest BCUT2D eigenvalue weighted by atomic mass is 16.6. The van der Waals surface area contributed by atoms with Crippen LogP contribution in [0.2, 0.25) is 0 Å². The summed E-state index contributed by atoms with van der Waals surface area (Å²) in [4.78, 5) is 24.0. The Morgan fingerprint density at radius 2 is 1.82 bits per heavy atom. The maximum absolute atomic E-state index is 11.7. The van der Waals surface area contributed by atoms with Crippen molar-refractivity contribution in [2.45, 2.75) is 39.2 Å². The van der Waals surface area contributed by atoms with Crippen LogP contribution in [0.1, 0.15) is 33.6 Å². The van der Waals surface area contributed by atoms with Crippen molar-refractivity contribution < 1.29 is 19.4 Å². The van der Waals surface area contributed by atoms with Crippen LogP contribution in [0.5, 0.6) is 0 Å². The number of nitrogens with zero attached hydrogens (tertiary/aromatic N) is 1. The molecule has 2 fully saturated rings. The number of carbonyl (C=O) groups excluding carboxylic acids is 1. The molecule has 17 heavy (non-hydrogen) atoms. The van der Waals surface area contributed by atoms with Gasteiger partial charge in [0.15, 0.2) is 0 Å². The first kappa shape index (κ1) is 12.2. The third-order valence-corrected chi connectivity index (χ3v) is 3.41. The van der Waals surface area contributed by atoms with Crippen LogP contribution in [-0.2, 0) is 9.53 Å². The first-order chi connectivity index (χ1) is 7.71. The number of hydrogen-bond acceptors (Lipinski definition) is 3. The number of hydrogen-bond donors (Lipinski definition) is 1. The largest absolute Gasteiger partial charge is 0.481 e. The monoisotopic (exact) mass is 241 g/mol. The van der Waals surface area contributed by atoms with Gasteiger partial charge >= 0.3 is 12.1 Å². The molecule has 0 unspecified atom stereocenters. The number of carboxylic acids is 1. The normalized spacial score (nSPS) is 22.9. The number of carboxylic acid groups (broad SMARTS) is 1. The molecule has 2 rings (SSSR count). The van der Waals surface area contributed by atoms with E-state index in [1.807, 2.05) is 20.8 Å². The summed E-state index contributed by atoms with van der Waals surface area (Å²) in [5, 5.41) is 8.81. The molecule has 96 valence electrons. The highest BCUT2D eigenvalue weighted by Gasteiger charge is 2.56. The number of aliphatic carboxylic acids is 1. The zero-order chi connectivity index (χ0) is 12.8. The quantitative estimate of drug-likeness (QED) is 0.759. The highest BCUT2D eigenvalue weighted by Crippen LogP contribution is 2.52. The van der Waals surface area contributed by atoms with Gasteiger partial charge in [-0.2, -0.15) is 0 Å². The van der Waals surface area contributed by atoms with Crippen molar-refractivity contribution in [3.63, 3.8) is 0 Å². The lowest BCUT2D eigenvalue weighted by Gasteiger charge is -2.57. The molecular formula is C12H19NO4. The molecule has 1 aliphatic heterocycles. The van der Waals surface area contributed by atoms with E-state index in [-0.39, 0.29) is 17.4 Å². The Hall–Kier alpha value is -1.26. The lowest BCUT2D eigenvalue weighted by atomic mass is 9.58. The first-order valence-electron chi connectivity index (χ1n) is 5.92. The SMILES string of the molecule is CC(C)(C)OC(=O)N1CC2(CC(C(=O)O)C2)C1. The van der Waals surface area contributed by atoms with Gasteiger partial charge in [-0.3, -0.25) is 4.79 Å². The van der Waals surface area contributed by atoms with Crippen molar-refractivity contribution in [2.24, 2.45) is 11.3 Å². The Morgan fingerprint density at radius 3 is 2.24 bits per heavy atom. The van der Waals surface area contributed by atoms with Crippen molar-refractivity contribution in [1.29, 1.82) is 0 Å². The summed E-state index contributed by atoms with van der Waals surface area (Å²) in [5.74, 6) is -0.929. The zero-order valence-corrected chi connectivity index (χ0v) is 10.5. The van der Waals surface area contributed by atoms with Gasteiger partial charge < -0.3 is 14.7 Å². The van der Waals surface area contributed by atoms with Gasteiger partial charge in [0.25, 0.3) is 0 Å². The molecule has 2 aliphatic rings. The molecule has 5 nitrogen and oxygen atoms in total. The van der Waals surface area contributed by atoms with E-state index < -0.39 is 11.6 Å². The Labute approximate surface area is 101 Å². The summed E-state index contributed by atoms with van der Waals surface area (Å²) >= 11 is 0. The van der Waals surface area contributed by atoms with Crippen molar-refractivity contribution >= 4 is 12.1 Å². The van der Waals surface area contributed by atoms with E-state index in [1.54, 1.807) is 4.90 Å². The van der Waals surface area contributed by atoms with Gasteiger partial charge in [0, 0.05) is 18.5 Å². The molecule has 1 N–H and O–H groups in total. The molecule has 0 aromatic rings. The van der Waals surface area contributed by atoms with Crippen molar-refractivity contribution in [1.82, 2.24) is 4.90 Å². The fourth-order valence-electron chi connectivity index (χ4n) is 2.64. The predicted octanol–water partition coefficient (Wildman–Crippen LogP) is 1.72. The maximum Gasteiger partial charge on any atom is 0.410 e. The minimum Gasteiger partial charge on any atom is -0.481 e. The molecule has 1 spiro atoms. The Bertz CT molecular complexity index is 344. The van der Waals surface area contributed by atoms with Crippen molar-refractivity contribution in [3.05, 3.63) is 0 Å². The van der Waals surface area contributed by atoms with E-state index in [2.05, 4.69) is 0 Å². The number of rotatable bonds is 1. The van der Waals surface area contributed by atoms with E-state index in [0.29, 0.717) is 25.9 Å². The minimum absolute atomic E-state index is 0.0694. The predicted molar refractivity (Wildman–Crippen MR) is 60.6 cm³/mol. The Morgan fingerprint density at radius 1 is 1.29 bits per heavy atom. The van der Waals surface area contributed by atoms with Gasteiger partial charge in [0.2, 0.25) is 0 Å². The van der Waals surface area contributed by atoms with Gasteiger partial charge in [-0.05, 0) is 33.6 Å².